The fourth-order valence-electron chi connectivity index (χ4n) is 3.85. The summed E-state index contributed by atoms with van der Waals surface area (Å²) in [5.74, 6) is 0. The minimum Gasteiger partial charge on any atom is -0.150 e. The Kier molecular flexibility index (Phi) is 13.6. The van der Waals surface area contributed by atoms with Crippen LogP contribution in [0.25, 0.3) is 0 Å². The molecule has 0 bridgehead atoms. The standard InChI is InChI=1S/C30H50S/c1-24(2)14-11-17-27(5)20-12-18-25(3)15-9-10-16-26(4)19-13-21-28(6)22-23-29-30(7,8)31-29/h14-16,20-21,29H,9-13,17-19,22-23H2,1-8H3/b25-15+,26-16+,27-20+,28-21+. The summed E-state index contributed by atoms with van der Waals surface area (Å²) in [5.41, 5.74) is 7.62. The molecule has 31 heavy (non-hydrogen) atoms. The van der Waals surface area contributed by atoms with Crippen LogP contribution < -0.4 is 0 Å². The van der Waals surface area contributed by atoms with Crippen molar-refractivity contribution in [3.63, 3.8) is 0 Å². The summed E-state index contributed by atoms with van der Waals surface area (Å²) in [5, 5.41) is 0.890. The molecule has 176 valence electrons. The second kappa shape index (κ2) is 15.0. The highest BCUT2D eigenvalue weighted by Crippen LogP contribution is 2.55. The lowest BCUT2D eigenvalue weighted by Gasteiger charge is -2.03. The number of unbranched alkanes of at least 4 members (excludes halogenated alkanes) is 1. The Bertz CT molecular complexity index is 677. The van der Waals surface area contributed by atoms with Gasteiger partial charge in [-0.15, -0.1) is 11.8 Å². The van der Waals surface area contributed by atoms with Crippen LogP contribution in [0.15, 0.2) is 58.2 Å². The van der Waals surface area contributed by atoms with E-state index in [0.29, 0.717) is 4.75 Å². The molecule has 0 amide bonds. The number of allylic oxidation sites excluding steroid dienone is 10. The van der Waals surface area contributed by atoms with Crippen LogP contribution in [-0.2, 0) is 0 Å². The summed E-state index contributed by atoms with van der Waals surface area (Å²) in [6.07, 6.45) is 24.3. The van der Waals surface area contributed by atoms with Crippen molar-refractivity contribution in [2.75, 3.05) is 0 Å². The normalized spacial score (nSPS) is 19.5. The maximum absolute atomic E-state index is 2.47. The molecule has 0 aliphatic carbocycles. The summed E-state index contributed by atoms with van der Waals surface area (Å²) >= 11 is 2.14. The van der Waals surface area contributed by atoms with Gasteiger partial charge in [0, 0.05) is 10.00 Å². The van der Waals surface area contributed by atoms with E-state index in [9.17, 15) is 0 Å². The Morgan fingerprint density at radius 2 is 0.935 bits per heavy atom. The van der Waals surface area contributed by atoms with Gasteiger partial charge in [-0.25, -0.2) is 0 Å². The van der Waals surface area contributed by atoms with Gasteiger partial charge in [-0.3, -0.25) is 0 Å². The van der Waals surface area contributed by atoms with Crippen molar-refractivity contribution < 1.29 is 0 Å². The van der Waals surface area contributed by atoms with Gasteiger partial charge in [0.2, 0.25) is 0 Å². The van der Waals surface area contributed by atoms with E-state index in [4.69, 9.17) is 0 Å². The predicted molar refractivity (Wildman–Crippen MR) is 146 cm³/mol. The molecule has 1 fully saturated rings. The van der Waals surface area contributed by atoms with Crippen LogP contribution in [0.2, 0.25) is 0 Å². The first-order chi connectivity index (χ1) is 14.6. The van der Waals surface area contributed by atoms with Crippen LogP contribution in [0.4, 0.5) is 0 Å². The molecule has 1 rings (SSSR count). The second-order valence-corrected chi connectivity index (χ2v) is 12.3. The van der Waals surface area contributed by atoms with E-state index >= 15 is 0 Å². The summed E-state index contributed by atoms with van der Waals surface area (Å²) < 4.78 is 0.549. The first-order valence-electron chi connectivity index (χ1n) is 12.5. The highest BCUT2D eigenvalue weighted by molar-refractivity contribution is 8.08. The zero-order chi connectivity index (χ0) is 23.3. The van der Waals surface area contributed by atoms with E-state index < -0.39 is 0 Å². The van der Waals surface area contributed by atoms with Gasteiger partial charge in [0.1, 0.15) is 0 Å². The predicted octanol–water partition coefficient (Wildman–Crippen LogP) is 10.5. The minimum atomic E-state index is 0.549. The smallest absolute Gasteiger partial charge is 0.0225 e. The topological polar surface area (TPSA) is 0 Å². The number of hydrogen-bond donors (Lipinski definition) is 0. The molecule has 1 unspecified atom stereocenters. The highest BCUT2D eigenvalue weighted by Gasteiger charge is 2.45. The third kappa shape index (κ3) is 14.7. The maximum atomic E-state index is 2.47. The van der Waals surface area contributed by atoms with E-state index in [-0.39, 0.29) is 0 Å². The Labute approximate surface area is 199 Å². The summed E-state index contributed by atoms with van der Waals surface area (Å²) in [7, 11) is 0. The van der Waals surface area contributed by atoms with E-state index in [1.165, 1.54) is 80.9 Å². The van der Waals surface area contributed by atoms with Crippen molar-refractivity contribution in [2.45, 2.75) is 130 Å². The van der Waals surface area contributed by atoms with Crippen LogP contribution in [0, 0.1) is 0 Å². The Balaban J connectivity index is 2.15. The lowest BCUT2D eigenvalue weighted by Crippen LogP contribution is -2.02. The molecule has 0 nitrogen and oxygen atoms in total. The Morgan fingerprint density at radius 1 is 0.581 bits per heavy atom. The maximum Gasteiger partial charge on any atom is 0.0225 e. The quantitative estimate of drug-likeness (QED) is 0.138. The van der Waals surface area contributed by atoms with Gasteiger partial charge in [0.05, 0.1) is 0 Å². The van der Waals surface area contributed by atoms with Crippen molar-refractivity contribution in [1.82, 2.24) is 0 Å². The molecule has 1 heterocycles. The summed E-state index contributed by atoms with van der Waals surface area (Å²) in [6.45, 7) is 18.3. The monoisotopic (exact) mass is 442 g/mol. The highest BCUT2D eigenvalue weighted by atomic mass is 32.2. The molecule has 1 aliphatic rings. The van der Waals surface area contributed by atoms with Gasteiger partial charge in [-0.2, -0.15) is 0 Å². The first kappa shape index (κ1) is 28.1. The molecule has 0 saturated carbocycles. The Hall–Kier alpha value is -0.950. The molecule has 0 radical (unpaired) electrons. The van der Waals surface area contributed by atoms with Gasteiger partial charge < -0.3 is 0 Å². The summed E-state index contributed by atoms with van der Waals surface area (Å²) in [4.78, 5) is 0. The van der Waals surface area contributed by atoms with Gasteiger partial charge >= 0.3 is 0 Å². The van der Waals surface area contributed by atoms with Gasteiger partial charge in [-0.1, -0.05) is 58.2 Å². The van der Waals surface area contributed by atoms with Crippen LogP contribution in [0.5, 0.6) is 0 Å². The average molecular weight is 443 g/mol. The lowest BCUT2D eigenvalue weighted by molar-refractivity contribution is 0.696. The Morgan fingerprint density at radius 3 is 1.32 bits per heavy atom. The first-order valence-corrected chi connectivity index (χ1v) is 13.4. The second-order valence-electron chi connectivity index (χ2n) is 10.4. The van der Waals surface area contributed by atoms with Gasteiger partial charge in [-0.05, 0) is 120 Å². The molecule has 0 N–H and O–H groups in total. The molecular formula is C30H50S. The molecule has 1 atom stereocenters. The molecule has 0 aromatic carbocycles. The van der Waals surface area contributed by atoms with Crippen molar-refractivity contribution in [1.29, 1.82) is 0 Å². The fraction of sp³-hybridized carbons (Fsp3) is 0.667. The zero-order valence-corrected chi connectivity index (χ0v) is 22.8. The van der Waals surface area contributed by atoms with Crippen molar-refractivity contribution in [3.05, 3.63) is 58.2 Å². The summed E-state index contributed by atoms with van der Waals surface area (Å²) in [6, 6.07) is 0. The van der Waals surface area contributed by atoms with Crippen LogP contribution in [0.1, 0.15) is 120 Å². The van der Waals surface area contributed by atoms with Gasteiger partial charge in [0.15, 0.2) is 0 Å². The number of rotatable bonds is 15. The fourth-order valence-corrected chi connectivity index (χ4v) is 4.87. The molecule has 1 aliphatic heterocycles. The average Bonchev–Trinajstić information content (AvgIpc) is 3.30. The molecule has 0 aromatic rings. The molecule has 1 saturated heterocycles. The SMILES string of the molecule is CC(C)=CCC/C(C)=C/CC/C(C)=C/CC/C=C(\C)CC/C=C(\C)CCC1SC1(C)C. The number of hydrogen-bond acceptors (Lipinski definition) is 1. The van der Waals surface area contributed by atoms with Crippen molar-refractivity contribution in [2.24, 2.45) is 0 Å². The molecule has 0 spiro atoms. The van der Waals surface area contributed by atoms with Crippen LogP contribution in [0.3, 0.4) is 0 Å². The minimum absolute atomic E-state index is 0.549. The largest absolute Gasteiger partial charge is 0.150 e. The van der Waals surface area contributed by atoms with E-state index in [1.54, 1.807) is 11.1 Å². The van der Waals surface area contributed by atoms with E-state index in [1.807, 2.05) is 0 Å². The van der Waals surface area contributed by atoms with E-state index in [0.717, 1.165) is 5.25 Å². The van der Waals surface area contributed by atoms with Gasteiger partial charge in [0.25, 0.3) is 0 Å². The van der Waals surface area contributed by atoms with Crippen LogP contribution in [-0.4, -0.2) is 10.00 Å². The third-order valence-electron chi connectivity index (χ3n) is 6.27. The molecular weight excluding hydrogens is 392 g/mol. The number of thioether (sulfide) groups is 1. The van der Waals surface area contributed by atoms with Crippen LogP contribution >= 0.6 is 11.8 Å². The third-order valence-corrected chi connectivity index (χ3v) is 8.02. The molecule has 0 aromatic heterocycles. The van der Waals surface area contributed by atoms with E-state index in [2.05, 4.69) is 97.5 Å². The van der Waals surface area contributed by atoms with Crippen molar-refractivity contribution in [3.8, 4) is 0 Å². The molecule has 1 heteroatoms. The van der Waals surface area contributed by atoms with Crippen molar-refractivity contribution >= 4 is 11.8 Å². The lowest BCUT2D eigenvalue weighted by atomic mass is 10.0. The zero-order valence-electron chi connectivity index (χ0n) is 21.9.